The van der Waals surface area contributed by atoms with Gasteiger partial charge in [0.05, 0.1) is 0 Å². The summed E-state index contributed by atoms with van der Waals surface area (Å²) in [7, 11) is 1.66. The minimum absolute atomic E-state index is 0.0289. The summed E-state index contributed by atoms with van der Waals surface area (Å²) >= 11 is 0. The second-order valence-electron chi connectivity index (χ2n) is 6.11. The molecule has 0 saturated heterocycles. The van der Waals surface area contributed by atoms with Crippen LogP contribution in [-0.4, -0.2) is 26.2 Å². The molecule has 0 aromatic heterocycles. The van der Waals surface area contributed by atoms with E-state index in [0.717, 1.165) is 29.7 Å². The largest absolute Gasteiger partial charge is 0.399 e. The summed E-state index contributed by atoms with van der Waals surface area (Å²) in [5.74, 6) is -0.0289. The van der Waals surface area contributed by atoms with E-state index in [0.29, 0.717) is 13.2 Å². The minimum atomic E-state index is -0.0289. The average Bonchev–Trinajstić information content (AvgIpc) is 2.54. The molecule has 0 saturated carbocycles. The van der Waals surface area contributed by atoms with Crippen LogP contribution in [0.1, 0.15) is 39.0 Å². The number of anilines is 1. The van der Waals surface area contributed by atoms with Gasteiger partial charge in [0.15, 0.2) is 0 Å². The van der Waals surface area contributed by atoms with Crippen molar-refractivity contribution in [2.45, 2.75) is 26.7 Å². The number of amides is 1. The number of rotatable bonds is 7. The number of carbonyl (C=O) groups excluding carboxylic acids is 1. The first-order chi connectivity index (χ1) is 11.5. The van der Waals surface area contributed by atoms with Crippen LogP contribution in [0.4, 0.5) is 5.69 Å². The van der Waals surface area contributed by atoms with Gasteiger partial charge in [-0.25, -0.2) is 0 Å². The van der Waals surface area contributed by atoms with Gasteiger partial charge in [0, 0.05) is 31.5 Å². The van der Waals surface area contributed by atoms with E-state index in [-0.39, 0.29) is 5.91 Å². The predicted molar refractivity (Wildman–Crippen MR) is 98.4 cm³/mol. The summed E-state index contributed by atoms with van der Waals surface area (Å²) in [5.41, 5.74) is 11.9. The molecule has 0 aliphatic carbocycles. The monoisotopic (exact) mass is 326 g/mol. The van der Waals surface area contributed by atoms with Gasteiger partial charge in [-0.2, -0.15) is 0 Å². The van der Waals surface area contributed by atoms with Gasteiger partial charge in [-0.15, -0.1) is 0 Å². The molecule has 0 bridgehead atoms. The van der Waals surface area contributed by atoms with Crippen LogP contribution in [0, 0.1) is 13.8 Å². The first kappa shape index (κ1) is 18.0. The maximum absolute atomic E-state index is 12.2. The third-order valence-corrected chi connectivity index (χ3v) is 4.11. The fourth-order valence-corrected chi connectivity index (χ4v) is 2.74. The van der Waals surface area contributed by atoms with E-state index in [1.807, 2.05) is 31.2 Å². The van der Waals surface area contributed by atoms with Crippen LogP contribution in [-0.2, 0) is 11.2 Å². The van der Waals surface area contributed by atoms with Crippen molar-refractivity contribution in [2.75, 3.05) is 26.0 Å². The molecule has 0 unspecified atom stereocenters. The Morgan fingerprint density at radius 3 is 2.58 bits per heavy atom. The molecule has 3 N–H and O–H groups in total. The fourth-order valence-electron chi connectivity index (χ4n) is 2.74. The molecule has 24 heavy (non-hydrogen) atoms. The first-order valence-electron chi connectivity index (χ1n) is 8.23. The van der Waals surface area contributed by atoms with Gasteiger partial charge in [0.25, 0.3) is 5.91 Å². The van der Waals surface area contributed by atoms with Crippen molar-refractivity contribution in [3.05, 3.63) is 64.2 Å². The molecular weight excluding hydrogens is 300 g/mol. The Balaban J connectivity index is 2.05. The summed E-state index contributed by atoms with van der Waals surface area (Å²) in [6.07, 6.45) is 1.65. The van der Waals surface area contributed by atoms with E-state index in [1.54, 1.807) is 7.11 Å². The van der Waals surface area contributed by atoms with Gasteiger partial charge >= 0.3 is 0 Å². The highest BCUT2D eigenvalue weighted by Crippen LogP contribution is 2.19. The van der Waals surface area contributed by atoms with Crippen molar-refractivity contribution in [1.29, 1.82) is 0 Å². The predicted octanol–water partition coefficient (Wildman–Crippen LogP) is 3.24. The molecule has 4 nitrogen and oxygen atoms in total. The molecule has 128 valence electrons. The summed E-state index contributed by atoms with van der Waals surface area (Å²) in [6.45, 7) is 5.32. The zero-order valence-electron chi connectivity index (χ0n) is 14.7. The molecule has 2 aromatic carbocycles. The number of nitrogens with two attached hydrogens (primary N) is 1. The third-order valence-electron chi connectivity index (χ3n) is 4.11. The van der Waals surface area contributed by atoms with Crippen molar-refractivity contribution < 1.29 is 9.53 Å². The molecule has 0 aliphatic rings. The Morgan fingerprint density at radius 2 is 1.92 bits per heavy atom. The number of ether oxygens (including phenoxy) is 1. The van der Waals surface area contributed by atoms with E-state index in [9.17, 15) is 4.79 Å². The van der Waals surface area contributed by atoms with E-state index in [1.165, 1.54) is 16.7 Å². The summed E-state index contributed by atoms with van der Waals surface area (Å²) in [6, 6.07) is 12.0. The number of carbonyl (C=O) groups is 1. The van der Waals surface area contributed by atoms with Crippen molar-refractivity contribution >= 4 is 11.6 Å². The Kier molecular flexibility index (Phi) is 6.38. The zero-order chi connectivity index (χ0) is 17.5. The third kappa shape index (κ3) is 4.83. The quantitative estimate of drug-likeness (QED) is 0.606. The molecule has 0 spiro atoms. The highest BCUT2D eigenvalue weighted by Gasteiger charge is 2.09. The van der Waals surface area contributed by atoms with Crippen molar-refractivity contribution in [3.63, 3.8) is 0 Å². The van der Waals surface area contributed by atoms with Crippen molar-refractivity contribution in [3.8, 4) is 0 Å². The molecular formula is C20H26N2O2. The highest BCUT2D eigenvalue weighted by molar-refractivity contribution is 5.95. The van der Waals surface area contributed by atoms with Gasteiger partial charge in [0.2, 0.25) is 0 Å². The number of aryl methyl sites for hydroxylation is 2. The van der Waals surface area contributed by atoms with Crippen LogP contribution in [0.15, 0.2) is 36.4 Å². The number of hydrogen-bond acceptors (Lipinski definition) is 3. The van der Waals surface area contributed by atoms with Crippen LogP contribution >= 0.6 is 0 Å². The Bertz CT molecular complexity index is 711. The molecule has 4 heteroatoms. The summed E-state index contributed by atoms with van der Waals surface area (Å²) in [5, 5.41) is 2.93. The lowest BCUT2D eigenvalue weighted by molar-refractivity contribution is 0.0948. The Labute approximate surface area is 144 Å². The first-order valence-corrected chi connectivity index (χ1v) is 8.23. The molecule has 0 radical (unpaired) electrons. The molecule has 2 rings (SSSR count). The smallest absolute Gasteiger partial charge is 0.251 e. The van der Waals surface area contributed by atoms with Crippen LogP contribution in [0.3, 0.4) is 0 Å². The van der Waals surface area contributed by atoms with Gasteiger partial charge in [0.1, 0.15) is 0 Å². The van der Waals surface area contributed by atoms with E-state index in [2.05, 4.69) is 24.4 Å². The van der Waals surface area contributed by atoms with Gasteiger partial charge in [-0.1, -0.05) is 18.2 Å². The molecule has 1 amide bonds. The topological polar surface area (TPSA) is 64.3 Å². The molecule has 0 aliphatic heterocycles. The van der Waals surface area contributed by atoms with Gasteiger partial charge in [-0.3, -0.25) is 4.79 Å². The zero-order valence-corrected chi connectivity index (χ0v) is 14.7. The van der Waals surface area contributed by atoms with Crippen LogP contribution in [0.2, 0.25) is 0 Å². The summed E-state index contributed by atoms with van der Waals surface area (Å²) < 4.78 is 4.98. The van der Waals surface area contributed by atoms with E-state index >= 15 is 0 Å². The number of methoxy groups -OCH3 is 1. The highest BCUT2D eigenvalue weighted by atomic mass is 16.5. The lowest BCUT2D eigenvalue weighted by Crippen LogP contribution is -2.25. The van der Waals surface area contributed by atoms with Gasteiger partial charge < -0.3 is 15.8 Å². The molecule has 0 fully saturated rings. The maximum atomic E-state index is 12.2. The SMILES string of the molecule is COCCCNC(=O)c1ccc(Cc2ccc(N)cc2C)cc1C. The Morgan fingerprint density at radius 1 is 1.12 bits per heavy atom. The number of nitrogen functional groups attached to an aromatic ring is 1. The van der Waals surface area contributed by atoms with E-state index in [4.69, 9.17) is 10.5 Å². The maximum Gasteiger partial charge on any atom is 0.251 e. The molecule has 2 aromatic rings. The number of nitrogens with one attached hydrogen (secondary N) is 1. The Hall–Kier alpha value is -2.33. The lowest BCUT2D eigenvalue weighted by atomic mass is 9.97. The van der Waals surface area contributed by atoms with Crippen LogP contribution in [0.25, 0.3) is 0 Å². The molecule has 0 atom stereocenters. The molecule has 0 heterocycles. The van der Waals surface area contributed by atoms with Crippen LogP contribution < -0.4 is 11.1 Å². The van der Waals surface area contributed by atoms with Gasteiger partial charge in [-0.05, 0) is 67.1 Å². The van der Waals surface area contributed by atoms with Crippen molar-refractivity contribution in [1.82, 2.24) is 5.32 Å². The second-order valence-corrected chi connectivity index (χ2v) is 6.11. The normalized spacial score (nSPS) is 10.6. The fraction of sp³-hybridized carbons (Fsp3) is 0.350. The van der Waals surface area contributed by atoms with E-state index < -0.39 is 0 Å². The second kappa shape index (κ2) is 8.50. The minimum Gasteiger partial charge on any atom is -0.399 e. The summed E-state index contributed by atoms with van der Waals surface area (Å²) in [4.78, 5) is 12.2. The number of benzene rings is 2. The van der Waals surface area contributed by atoms with Crippen molar-refractivity contribution in [2.24, 2.45) is 0 Å². The number of hydrogen-bond donors (Lipinski definition) is 2. The lowest BCUT2D eigenvalue weighted by Gasteiger charge is -2.11. The van der Waals surface area contributed by atoms with Crippen LogP contribution in [0.5, 0.6) is 0 Å². The standard InChI is InChI=1S/C20H26N2O2/c1-14-12-18(21)7-6-17(14)13-16-5-8-19(15(2)11-16)20(23)22-9-4-10-24-3/h5-8,11-12H,4,9-10,13,21H2,1-3H3,(H,22,23). The average molecular weight is 326 g/mol.